The Kier molecular flexibility index (Phi) is 6.48. The van der Waals surface area contributed by atoms with Crippen LogP contribution in [0, 0.1) is 0 Å². The van der Waals surface area contributed by atoms with Crippen molar-refractivity contribution in [2.24, 2.45) is 5.73 Å². The van der Waals surface area contributed by atoms with Crippen LogP contribution in [0.15, 0.2) is 24.3 Å². The van der Waals surface area contributed by atoms with Crippen molar-refractivity contribution in [2.75, 3.05) is 32.9 Å². The molecule has 0 aromatic heterocycles. The first-order valence-electron chi connectivity index (χ1n) is 6.11. The zero-order chi connectivity index (χ0) is 15.0. The minimum atomic E-state index is -0.643. The van der Waals surface area contributed by atoms with Crippen LogP contribution < -0.4 is 10.5 Å². The van der Waals surface area contributed by atoms with Gasteiger partial charge in [-0.1, -0.05) is 12.1 Å². The predicted molar refractivity (Wildman–Crippen MR) is 71.2 cm³/mol. The molecular weight excluding hydrogens is 264 g/mol. The third-order valence-corrected chi connectivity index (χ3v) is 2.60. The van der Waals surface area contributed by atoms with E-state index >= 15 is 0 Å². The molecule has 1 rings (SSSR count). The summed E-state index contributed by atoms with van der Waals surface area (Å²) in [5, 5.41) is 17.7. The van der Waals surface area contributed by atoms with Crippen LogP contribution in [0.4, 0.5) is 0 Å². The van der Waals surface area contributed by atoms with E-state index < -0.39 is 11.8 Å². The number of ether oxygens (including phenoxy) is 1. The lowest BCUT2D eigenvalue weighted by Crippen LogP contribution is -2.39. The zero-order valence-electron chi connectivity index (χ0n) is 11.0. The highest BCUT2D eigenvalue weighted by molar-refractivity contribution is 5.95. The monoisotopic (exact) mass is 282 g/mol. The van der Waals surface area contributed by atoms with Gasteiger partial charge < -0.3 is 25.6 Å². The smallest absolute Gasteiger partial charge is 0.260 e. The van der Waals surface area contributed by atoms with Gasteiger partial charge in [0, 0.05) is 13.1 Å². The van der Waals surface area contributed by atoms with Crippen molar-refractivity contribution in [2.45, 2.75) is 0 Å². The summed E-state index contributed by atoms with van der Waals surface area (Å²) in [7, 11) is 0. The van der Waals surface area contributed by atoms with Crippen LogP contribution in [-0.4, -0.2) is 59.8 Å². The lowest BCUT2D eigenvalue weighted by Gasteiger charge is -2.20. The van der Waals surface area contributed by atoms with Crippen LogP contribution in [0.5, 0.6) is 5.75 Å². The van der Waals surface area contributed by atoms with Crippen molar-refractivity contribution in [1.82, 2.24) is 4.90 Å². The molecule has 1 aromatic rings. The molecule has 0 heterocycles. The summed E-state index contributed by atoms with van der Waals surface area (Å²) < 4.78 is 5.28. The number of amides is 2. The molecule has 110 valence electrons. The Bertz CT molecular complexity index is 458. The summed E-state index contributed by atoms with van der Waals surface area (Å²) in [6.45, 7) is -0.488. The number of hydrogen-bond donors (Lipinski definition) is 3. The van der Waals surface area contributed by atoms with Crippen molar-refractivity contribution >= 4 is 11.8 Å². The predicted octanol–water partition coefficient (Wildman–Crippen LogP) is -1.02. The van der Waals surface area contributed by atoms with Gasteiger partial charge in [0.15, 0.2) is 6.61 Å². The summed E-state index contributed by atoms with van der Waals surface area (Å²) in [5.41, 5.74) is 5.39. The maximum Gasteiger partial charge on any atom is 0.260 e. The van der Waals surface area contributed by atoms with Gasteiger partial charge in [-0.2, -0.15) is 0 Å². The van der Waals surface area contributed by atoms with Crippen LogP contribution in [-0.2, 0) is 4.79 Å². The number of primary amides is 1. The highest BCUT2D eigenvalue weighted by Crippen LogP contribution is 2.17. The molecule has 0 saturated heterocycles. The number of benzene rings is 1. The first-order chi connectivity index (χ1) is 9.60. The topological polar surface area (TPSA) is 113 Å². The van der Waals surface area contributed by atoms with Crippen molar-refractivity contribution in [3.05, 3.63) is 29.8 Å². The molecule has 20 heavy (non-hydrogen) atoms. The van der Waals surface area contributed by atoms with Crippen LogP contribution in [0.2, 0.25) is 0 Å². The van der Waals surface area contributed by atoms with Gasteiger partial charge in [0.2, 0.25) is 0 Å². The summed E-state index contributed by atoms with van der Waals surface area (Å²) in [5.74, 6) is -0.815. The zero-order valence-corrected chi connectivity index (χ0v) is 11.0. The number of carbonyl (C=O) groups excluding carboxylic acids is 2. The van der Waals surface area contributed by atoms with Crippen molar-refractivity contribution in [3.8, 4) is 5.75 Å². The first kappa shape index (κ1) is 15.9. The lowest BCUT2D eigenvalue weighted by molar-refractivity contribution is -0.134. The Morgan fingerprint density at radius 1 is 1.15 bits per heavy atom. The molecule has 1 aromatic carbocycles. The van der Waals surface area contributed by atoms with Crippen LogP contribution >= 0.6 is 0 Å². The Morgan fingerprint density at radius 2 is 1.75 bits per heavy atom. The van der Waals surface area contributed by atoms with Gasteiger partial charge in [0.25, 0.3) is 11.8 Å². The van der Waals surface area contributed by atoms with E-state index in [2.05, 4.69) is 0 Å². The van der Waals surface area contributed by atoms with E-state index in [0.29, 0.717) is 0 Å². The van der Waals surface area contributed by atoms with Gasteiger partial charge in [0.05, 0.1) is 18.8 Å². The van der Waals surface area contributed by atoms with Gasteiger partial charge in [-0.25, -0.2) is 0 Å². The molecule has 7 heteroatoms. The molecule has 0 radical (unpaired) electrons. The van der Waals surface area contributed by atoms with Crippen LogP contribution in [0.1, 0.15) is 10.4 Å². The Morgan fingerprint density at radius 3 is 2.30 bits per heavy atom. The maximum atomic E-state index is 11.8. The third kappa shape index (κ3) is 4.52. The minimum Gasteiger partial charge on any atom is -0.483 e. The Balaban J connectivity index is 2.66. The highest BCUT2D eigenvalue weighted by Gasteiger charge is 2.15. The number of hydrogen-bond acceptors (Lipinski definition) is 5. The van der Waals surface area contributed by atoms with Gasteiger partial charge >= 0.3 is 0 Å². The van der Waals surface area contributed by atoms with E-state index in [-0.39, 0.29) is 44.2 Å². The molecule has 0 spiro atoms. The third-order valence-electron chi connectivity index (χ3n) is 2.60. The standard InChI is InChI=1S/C13H18N2O5/c14-13(19)10-3-1-2-4-11(10)20-9-12(18)15(5-7-16)6-8-17/h1-4,16-17H,5-9H2,(H2,14,19). The van der Waals surface area contributed by atoms with Gasteiger partial charge in [-0.3, -0.25) is 9.59 Å². The SMILES string of the molecule is NC(=O)c1ccccc1OCC(=O)N(CCO)CCO. The van der Waals surface area contributed by atoms with Crippen molar-refractivity contribution in [1.29, 1.82) is 0 Å². The van der Waals surface area contributed by atoms with E-state index in [1.165, 1.54) is 17.0 Å². The van der Waals surface area contributed by atoms with Crippen molar-refractivity contribution in [3.63, 3.8) is 0 Å². The molecule has 0 saturated carbocycles. The number of nitrogens with two attached hydrogens (primary N) is 1. The molecule has 4 N–H and O–H groups in total. The molecule has 0 bridgehead atoms. The minimum absolute atomic E-state index is 0.111. The average molecular weight is 282 g/mol. The molecule has 0 unspecified atom stereocenters. The highest BCUT2D eigenvalue weighted by atomic mass is 16.5. The molecule has 0 fully saturated rings. The van der Waals surface area contributed by atoms with E-state index in [0.717, 1.165) is 0 Å². The quantitative estimate of drug-likeness (QED) is 0.564. The number of carbonyl (C=O) groups is 2. The largest absolute Gasteiger partial charge is 0.483 e. The maximum absolute atomic E-state index is 11.8. The van der Waals surface area contributed by atoms with E-state index in [1.807, 2.05) is 0 Å². The molecule has 0 aliphatic carbocycles. The van der Waals surface area contributed by atoms with Crippen LogP contribution in [0.25, 0.3) is 0 Å². The second-order valence-corrected chi connectivity index (χ2v) is 3.98. The summed E-state index contributed by atoms with van der Waals surface area (Å²) in [4.78, 5) is 24.3. The lowest BCUT2D eigenvalue weighted by atomic mass is 10.2. The summed E-state index contributed by atoms with van der Waals surface area (Å²) in [6, 6.07) is 6.33. The molecular formula is C13H18N2O5. The number of rotatable bonds is 8. The van der Waals surface area contributed by atoms with E-state index in [1.54, 1.807) is 12.1 Å². The van der Waals surface area contributed by atoms with E-state index in [4.69, 9.17) is 20.7 Å². The fourth-order valence-corrected chi connectivity index (χ4v) is 1.63. The van der Waals surface area contributed by atoms with Gasteiger partial charge in [-0.15, -0.1) is 0 Å². The second kappa shape index (κ2) is 8.13. The normalized spacial score (nSPS) is 10.1. The van der Waals surface area contributed by atoms with Crippen molar-refractivity contribution < 1.29 is 24.5 Å². The fourth-order valence-electron chi connectivity index (χ4n) is 1.63. The Hall–Kier alpha value is -2.12. The van der Waals surface area contributed by atoms with Crippen LogP contribution in [0.3, 0.4) is 0 Å². The fraction of sp³-hybridized carbons (Fsp3) is 0.385. The molecule has 0 atom stereocenters. The Labute approximate surface area is 116 Å². The molecule has 0 aliphatic rings. The average Bonchev–Trinajstić information content (AvgIpc) is 2.44. The van der Waals surface area contributed by atoms with Gasteiger partial charge in [0.1, 0.15) is 5.75 Å². The number of nitrogens with zero attached hydrogens (tertiary/aromatic N) is 1. The second-order valence-electron chi connectivity index (χ2n) is 3.98. The molecule has 0 aliphatic heterocycles. The van der Waals surface area contributed by atoms with E-state index in [9.17, 15) is 9.59 Å². The molecule has 7 nitrogen and oxygen atoms in total. The number of aliphatic hydroxyl groups excluding tert-OH is 2. The summed E-state index contributed by atoms with van der Waals surface area (Å²) >= 11 is 0. The number of para-hydroxylation sites is 1. The first-order valence-corrected chi connectivity index (χ1v) is 6.11. The summed E-state index contributed by atoms with van der Waals surface area (Å²) in [6.07, 6.45) is 0. The number of aliphatic hydroxyl groups is 2. The van der Waals surface area contributed by atoms with Gasteiger partial charge in [-0.05, 0) is 12.1 Å². The molecule has 2 amide bonds.